The van der Waals surface area contributed by atoms with E-state index in [2.05, 4.69) is 12.6 Å². The number of sulfonamides is 1. The van der Waals surface area contributed by atoms with Gasteiger partial charge >= 0.3 is 5.97 Å². The fraction of sp³-hybridized carbons (Fsp3) is 0.333. The highest BCUT2D eigenvalue weighted by atomic mass is 32.2. The lowest BCUT2D eigenvalue weighted by molar-refractivity contribution is -0.155. The minimum atomic E-state index is -3.95. The third-order valence-electron chi connectivity index (χ3n) is 6.88. The molecule has 9 heteroatoms. The van der Waals surface area contributed by atoms with Gasteiger partial charge in [0.25, 0.3) is 0 Å². The van der Waals surface area contributed by atoms with Crippen LogP contribution in [0, 0.1) is 0 Å². The summed E-state index contributed by atoms with van der Waals surface area (Å²) < 4.78 is 34.1. The van der Waals surface area contributed by atoms with Crippen LogP contribution in [0.5, 0.6) is 0 Å². The Bertz CT molecular complexity index is 1380. The standard InChI is InChI=1S/C27H28N2O5S2/c30-26(28-14-6-11-24(28)27(31)34-18-19-7-2-1-3-8-19)25-16-22(35)17-29(25)36(32,33)23-13-12-20-9-4-5-10-21(20)15-23/h1-5,7-10,12-13,15,22,24-25,35H,6,11,14,16-18H2/t22-,24-,25+/m1/s1. The first-order valence-corrected chi connectivity index (χ1v) is 14.0. The summed E-state index contributed by atoms with van der Waals surface area (Å²) in [4.78, 5) is 28.2. The highest BCUT2D eigenvalue weighted by molar-refractivity contribution is 7.89. The number of fused-ring (bicyclic) bond motifs is 1. The molecule has 188 valence electrons. The van der Waals surface area contributed by atoms with Gasteiger partial charge in [-0.25, -0.2) is 13.2 Å². The van der Waals surface area contributed by atoms with Gasteiger partial charge in [0.15, 0.2) is 0 Å². The zero-order chi connectivity index (χ0) is 25.3. The quantitative estimate of drug-likeness (QED) is 0.393. The number of likely N-dealkylation sites (tertiary alicyclic amines) is 1. The second kappa shape index (κ2) is 10.2. The maximum absolute atomic E-state index is 13.7. The van der Waals surface area contributed by atoms with Crippen LogP contribution < -0.4 is 0 Å². The molecule has 0 saturated carbocycles. The Hall–Kier alpha value is -2.88. The Morgan fingerprint density at radius 3 is 2.44 bits per heavy atom. The van der Waals surface area contributed by atoms with Crippen LogP contribution in [0.1, 0.15) is 24.8 Å². The van der Waals surface area contributed by atoms with Gasteiger partial charge < -0.3 is 9.64 Å². The Balaban J connectivity index is 1.35. The summed E-state index contributed by atoms with van der Waals surface area (Å²) in [5.74, 6) is -0.830. The Morgan fingerprint density at radius 1 is 0.944 bits per heavy atom. The summed E-state index contributed by atoms with van der Waals surface area (Å²) >= 11 is 4.52. The molecule has 0 N–H and O–H groups in total. The summed E-state index contributed by atoms with van der Waals surface area (Å²) in [6.45, 7) is 0.649. The molecule has 0 radical (unpaired) electrons. The van der Waals surface area contributed by atoms with Crippen LogP contribution in [0.2, 0.25) is 0 Å². The predicted octanol–water partition coefficient (Wildman–Crippen LogP) is 3.64. The van der Waals surface area contributed by atoms with E-state index < -0.39 is 28.1 Å². The number of amides is 1. The van der Waals surface area contributed by atoms with E-state index in [4.69, 9.17) is 4.74 Å². The normalized spacial score (nSPS) is 22.7. The zero-order valence-corrected chi connectivity index (χ0v) is 21.4. The Morgan fingerprint density at radius 2 is 1.67 bits per heavy atom. The lowest BCUT2D eigenvalue weighted by atomic mass is 10.1. The largest absolute Gasteiger partial charge is 0.459 e. The van der Waals surface area contributed by atoms with Crippen molar-refractivity contribution in [2.24, 2.45) is 0 Å². The molecule has 3 atom stereocenters. The van der Waals surface area contributed by atoms with Gasteiger partial charge in [-0.05, 0) is 47.7 Å². The molecule has 0 bridgehead atoms. The van der Waals surface area contributed by atoms with Crippen molar-refractivity contribution in [1.29, 1.82) is 0 Å². The summed E-state index contributed by atoms with van der Waals surface area (Å²) in [6, 6.07) is 20.2. The summed E-state index contributed by atoms with van der Waals surface area (Å²) in [5, 5.41) is 1.47. The molecule has 2 fully saturated rings. The molecule has 3 aromatic rings. The second-order valence-electron chi connectivity index (χ2n) is 9.27. The number of nitrogens with zero attached hydrogens (tertiary/aromatic N) is 2. The van der Waals surface area contributed by atoms with E-state index >= 15 is 0 Å². The fourth-order valence-electron chi connectivity index (χ4n) is 5.03. The smallest absolute Gasteiger partial charge is 0.329 e. The van der Waals surface area contributed by atoms with Gasteiger partial charge in [-0.3, -0.25) is 4.79 Å². The summed E-state index contributed by atoms with van der Waals surface area (Å²) in [5.41, 5.74) is 0.864. The number of carbonyl (C=O) groups excluding carboxylic acids is 2. The molecule has 0 spiro atoms. The number of esters is 1. The molecule has 1 amide bonds. The van der Waals surface area contributed by atoms with Gasteiger partial charge in [0.2, 0.25) is 15.9 Å². The van der Waals surface area contributed by atoms with E-state index in [1.165, 1.54) is 9.21 Å². The lowest BCUT2D eigenvalue weighted by Crippen LogP contribution is -2.51. The van der Waals surface area contributed by atoms with Crippen molar-refractivity contribution in [3.05, 3.63) is 78.4 Å². The maximum atomic E-state index is 13.7. The highest BCUT2D eigenvalue weighted by Crippen LogP contribution is 2.33. The lowest BCUT2D eigenvalue weighted by Gasteiger charge is -2.30. The van der Waals surface area contributed by atoms with Crippen LogP contribution in [-0.4, -0.2) is 59.9 Å². The van der Waals surface area contributed by atoms with Crippen molar-refractivity contribution in [2.75, 3.05) is 13.1 Å². The predicted molar refractivity (Wildman–Crippen MR) is 140 cm³/mol. The highest BCUT2D eigenvalue weighted by Gasteiger charge is 2.47. The van der Waals surface area contributed by atoms with Crippen LogP contribution in [0.25, 0.3) is 10.8 Å². The van der Waals surface area contributed by atoms with E-state index in [-0.39, 0.29) is 35.6 Å². The fourth-order valence-corrected chi connectivity index (χ4v) is 7.19. The Kier molecular flexibility index (Phi) is 7.05. The van der Waals surface area contributed by atoms with Crippen molar-refractivity contribution in [3.8, 4) is 0 Å². The molecule has 2 aliphatic heterocycles. The van der Waals surface area contributed by atoms with Crippen LogP contribution in [0.15, 0.2) is 77.7 Å². The number of hydrogen-bond acceptors (Lipinski definition) is 6. The van der Waals surface area contributed by atoms with Crippen LogP contribution in [-0.2, 0) is 31.0 Å². The third kappa shape index (κ3) is 4.87. The maximum Gasteiger partial charge on any atom is 0.329 e. The molecule has 0 aliphatic carbocycles. The van der Waals surface area contributed by atoms with Crippen molar-refractivity contribution in [1.82, 2.24) is 9.21 Å². The molecule has 0 aromatic heterocycles. The molecule has 3 aromatic carbocycles. The SMILES string of the molecule is O=C(OCc1ccccc1)[C@H]1CCCN1C(=O)[C@@H]1C[C@@H](S)CN1S(=O)(=O)c1ccc2ccccc2c1. The van der Waals surface area contributed by atoms with E-state index in [0.717, 1.165) is 16.3 Å². The van der Waals surface area contributed by atoms with Crippen LogP contribution in [0.4, 0.5) is 0 Å². The third-order valence-corrected chi connectivity index (χ3v) is 9.12. The van der Waals surface area contributed by atoms with Crippen molar-refractivity contribution >= 4 is 45.3 Å². The molecule has 0 unspecified atom stereocenters. The molecule has 7 nitrogen and oxygen atoms in total. The van der Waals surface area contributed by atoms with Gasteiger partial charge in [0.05, 0.1) is 4.90 Å². The first-order chi connectivity index (χ1) is 17.3. The molecular weight excluding hydrogens is 496 g/mol. The Labute approximate surface area is 216 Å². The van der Waals surface area contributed by atoms with Gasteiger partial charge in [-0.2, -0.15) is 16.9 Å². The summed E-state index contributed by atoms with van der Waals surface area (Å²) in [7, 11) is -3.95. The first-order valence-electron chi connectivity index (χ1n) is 12.0. The first kappa shape index (κ1) is 24.8. The summed E-state index contributed by atoms with van der Waals surface area (Å²) in [6.07, 6.45) is 1.44. The zero-order valence-electron chi connectivity index (χ0n) is 19.7. The minimum absolute atomic E-state index is 0.128. The molecule has 2 saturated heterocycles. The number of benzene rings is 3. The van der Waals surface area contributed by atoms with Gasteiger partial charge in [0.1, 0.15) is 18.7 Å². The number of rotatable bonds is 6. The number of ether oxygens (including phenoxy) is 1. The van der Waals surface area contributed by atoms with Crippen molar-refractivity contribution < 1.29 is 22.7 Å². The van der Waals surface area contributed by atoms with Gasteiger partial charge in [-0.1, -0.05) is 60.7 Å². The van der Waals surface area contributed by atoms with E-state index in [0.29, 0.717) is 19.4 Å². The monoisotopic (exact) mass is 524 g/mol. The number of hydrogen-bond donors (Lipinski definition) is 1. The van der Waals surface area contributed by atoms with E-state index in [9.17, 15) is 18.0 Å². The van der Waals surface area contributed by atoms with Crippen LogP contribution >= 0.6 is 12.6 Å². The van der Waals surface area contributed by atoms with Gasteiger partial charge in [0, 0.05) is 18.3 Å². The van der Waals surface area contributed by atoms with Gasteiger partial charge in [-0.15, -0.1) is 0 Å². The average molecular weight is 525 g/mol. The molecule has 2 aliphatic rings. The van der Waals surface area contributed by atoms with Crippen molar-refractivity contribution in [3.63, 3.8) is 0 Å². The minimum Gasteiger partial charge on any atom is -0.459 e. The molecule has 36 heavy (non-hydrogen) atoms. The number of thiol groups is 1. The molecular formula is C27H28N2O5S2. The molecule has 5 rings (SSSR count). The van der Waals surface area contributed by atoms with E-state index in [1.807, 2.05) is 54.6 Å². The molecule has 2 heterocycles. The second-order valence-corrected chi connectivity index (χ2v) is 11.9. The topological polar surface area (TPSA) is 84.0 Å². The van der Waals surface area contributed by atoms with E-state index in [1.54, 1.807) is 18.2 Å². The van der Waals surface area contributed by atoms with Crippen LogP contribution in [0.3, 0.4) is 0 Å². The van der Waals surface area contributed by atoms with Crippen molar-refractivity contribution in [2.45, 2.75) is 48.1 Å². The average Bonchev–Trinajstić information content (AvgIpc) is 3.55. The number of carbonyl (C=O) groups is 2.